The highest BCUT2D eigenvalue weighted by molar-refractivity contribution is 5.97. The number of carbonyl (C=O) groups excluding carboxylic acids is 1. The number of hydrogen-bond acceptors (Lipinski definition) is 3. The Morgan fingerprint density at radius 1 is 1.50 bits per heavy atom. The molecule has 5 nitrogen and oxygen atoms in total. The molecule has 1 aromatic carbocycles. The molecule has 3 rings (SSSR count). The molecule has 1 aromatic rings. The van der Waals surface area contributed by atoms with Crippen molar-refractivity contribution in [2.24, 2.45) is 0 Å². The van der Waals surface area contributed by atoms with Crippen molar-refractivity contribution in [2.75, 3.05) is 30.4 Å². The predicted octanol–water partition coefficient (Wildman–Crippen LogP) is 1.13. The number of ether oxygens (including phenoxy) is 1. The topological polar surface area (TPSA) is 67.6 Å². The van der Waals surface area contributed by atoms with E-state index in [9.17, 15) is 4.79 Å². The molecule has 0 saturated carbocycles. The van der Waals surface area contributed by atoms with E-state index in [4.69, 9.17) is 10.5 Å². The second-order valence-corrected chi connectivity index (χ2v) is 4.77. The molecule has 1 saturated heterocycles. The molecule has 0 spiro atoms. The smallest absolute Gasteiger partial charge is 0.322 e. The van der Waals surface area contributed by atoms with Gasteiger partial charge in [0.2, 0.25) is 0 Å². The molecular weight excluding hydrogens is 230 g/mol. The van der Waals surface area contributed by atoms with Crippen molar-refractivity contribution in [2.45, 2.75) is 18.9 Å². The molecule has 0 aliphatic carbocycles. The van der Waals surface area contributed by atoms with Crippen molar-refractivity contribution in [1.29, 1.82) is 0 Å². The first-order chi connectivity index (χ1) is 8.75. The summed E-state index contributed by atoms with van der Waals surface area (Å²) in [6, 6.07) is 5.86. The van der Waals surface area contributed by atoms with Crippen LogP contribution in [-0.4, -0.2) is 31.8 Å². The molecule has 0 radical (unpaired) electrons. The largest absolute Gasteiger partial charge is 0.397 e. The van der Waals surface area contributed by atoms with Crippen LogP contribution in [-0.2, 0) is 11.2 Å². The van der Waals surface area contributed by atoms with Crippen molar-refractivity contribution in [3.8, 4) is 0 Å². The van der Waals surface area contributed by atoms with Gasteiger partial charge in [-0.15, -0.1) is 0 Å². The Kier molecular flexibility index (Phi) is 2.83. The number of carbonyl (C=O) groups is 1. The fraction of sp³-hybridized carbons (Fsp3) is 0.462. The van der Waals surface area contributed by atoms with Gasteiger partial charge in [0, 0.05) is 13.2 Å². The highest BCUT2D eigenvalue weighted by atomic mass is 16.5. The quantitative estimate of drug-likeness (QED) is 0.731. The van der Waals surface area contributed by atoms with Gasteiger partial charge in [0.15, 0.2) is 0 Å². The predicted molar refractivity (Wildman–Crippen MR) is 69.7 cm³/mol. The molecular formula is C13H17N3O2. The van der Waals surface area contributed by atoms with E-state index >= 15 is 0 Å². The Labute approximate surface area is 106 Å². The van der Waals surface area contributed by atoms with Gasteiger partial charge in [-0.2, -0.15) is 0 Å². The summed E-state index contributed by atoms with van der Waals surface area (Å²) in [5.74, 6) is 0. The third-order valence-electron chi connectivity index (χ3n) is 3.53. The van der Waals surface area contributed by atoms with Crippen LogP contribution in [0.3, 0.4) is 0 Å². The van der Waals surface area contributed by atoms with Gasteiger partial charge in [0.1, 0.15) is 0 Å². The average Bonchev–Trinajstić information content (AvgIpc) is 2.97. The summed E-state index contributed by atoms with van der Waals surface area (Å²) in [5, 5.41) is 3.00. The Hall–Kier alpha value is -1.75. The van der Waals surface area contributed by atoms with Crippen LogP contribution in [0.25, 0.3) is 0 Å². The zero-order valence-electron chi connectivity index (χ0n) is 10.2. The van der Waals surface area contributed by atoms with Crippen LogP contribution in [0.15, 0.2) is 18.2 Å². The lowest BCUT2D eigenvalue weighted by atomic mass is 10.1. The normalized spacial score (nSPS) is 22.0. The third kappa shape index (κ3) is 1.90. The fourth-order valence-corrected chi connectivity index (χ4v) is 2.59. The summed E-state index contributed by atoms with van der Waals surface area (Å²) in [6.45, 7) is 2.03. The number of nitrogens with one attached hydrogen (secondary N) is 1. The van der Waals surface area contributed by atoms with Crippen LogP contribution in [0.2, 0.25) is 0 Å². The number of urea groups is 1. The summed E-state index contributed by atoms with van der Waals surface area (Å²) in [7, 11) is 0. The summed E-state index contributed by atoms with van der Waals surface area (Å²) < 4.78 is 5.26. The van der Waals surface area contributed by atoms with Gasteiger partial charge in [0.05, 0.1) is 24.0 Å². The van der Waals surface area contributed by atoms with E-state index in [-0.39, 0.29) is 12.1 Å². The number of rotatable bonds is 1. The SMILES string of the molecule is Nc1cccc2c1N(C(=O)NC1CCOC1)CC2. The number of nitrogen functional groups attached to an aromatic ring is 1. The maximum Gasteiger partial charge on any atom is 0.322 e. The molecule has 1 fully saturated rings. The Morgan fingerprint density at radius 3 is 3.17 bits per heavy atom. The van der Waals surface area contributed by atoms with Crippen LogP contribution >= 0.6 is 0 Å². The number of nitrogens with two attached hydrogens (primary N) is 1. The molecule has 2 aliphatic rings. The minimum Gasteiger partial charge on any atom is -0.397 e. The van der Waals surface area contributed by atoms with Crippen LogP contribution in [0.5, 0.6) is 0 Å². The van der Waals surface area contributed by atoms with Crippen molar-refractivity contribution in [3.05, 3.63) is 23.8 Å². The van der Waals surface area contributed by atoms with Crippen molar-refractivity contribution >= 4 is 17.4 Å². The first kappa shape index (κ1) is 11.3. The summed E-state index contributed by atoms with van der Waals surface area (Å²) >= 11 is 0. The van der Waals surface area contributed by atoms with E-state index in [2.05, 4.69) is 5.32 Å². The zero-order chi connectivity index (χ0) is 12.5. The van der Waals surface area contributed by atoms with Gasteiger partial charge in [-0.1, -0.05) is 12.1 Å². The molecule has 0 aromatic heterocycles. The van der Waals surface area contributed by atoms with Crippen molar-refractivity contribution in [1.82, 2.24) is 5.32 Å². The highest BCUT2D eigenvalue weighted by Gasteiger charge is 2.28. The van der Waals surface area contributed by atoms with Gasteiger partial charge in [-0.25, -0.2) is 4.79 Å². The van der Waals surface area contributed by atoms with Gasteiger partial charge in [0.25, 0.3) is 0 Å². The lowest BCUT2D eigenvalue weighted by molar-refractivity contribution is 0.189. The van der Waals surface area contributed by atoms with Crippen LogP contribution in [0, 0.1) is 0 Å². The minimum absolute atomic E-state index is 0.0675. The molecule has 96 valence electrons. The maximum absolute atomic E-state index is 12.2. The van der Waals surface area contributed by atoms with Gasteiger partial charge in [-0.05, 0) is 24.5 Å². The first-order valence-corrected chi connectivity index (χ1v) is 6.29. The van der Waals surface area contributed by atoms with Gasteiger partial charge < -0.3 is 15.8 Å². The molecule has 1 unspecified atom stereocenters. The number of anilines is 2. The second-order valence-electron chi connectivity index (χ2n) is 4.77. The molecule has 18 heavy (non-hydrogen) atoms. The maximum atomic E-state index is 12.2. The van der Waals surface area contributed by atoms with E-state index in [1.807, 2.05) is 18.2 Å². The number of fused-ring (bicyclic) bond motifs is 1. The Bertz CT molecular complexity index is 469. The molecule has 3 N–H and O–H groups in total. The van der Waals surface area contributed by atoms with Gasteiger partial charge >= 0.3 is 6.03 Å². The third-order valence-corrected chi connectivity index (χ3v) is 3.53. The van der Waals surface area contributed by atoms with Crippen molar-refractivity contribution in [3.63, 3.8) is 0 Å². The lowest BCUT2D eigenvalue weighted by Gasteiger charge is -2.21. The van der Waals surface area contributed by atoms with E-state index in [0.717, 1.165) is 30.7 Å². The van der Waals surface area contributed by atoms with Crippen molar-refractivity contribution < 1.29 is 9.53 Å². The van der Waals surface area contributed by atoms with Crippen LogP contribution in [0.4, 0.5) is 16.2 Å². The fourth-order valence-electron chi connectivity index (χ4n) is 2.59. The van der Waals surface area contributed by atoms with Crippen LogP contribution < -0.4 is 16.0 Å². The Balaban J connectivity index is 1.77. The van der Waals surface area contributed by atoms with E-state index in [1.165, 1.54) is 0 Å². The standard InChI is InChI=1S/C13H17N3O2/c14-11-3-1-2-9-4-6-16(12(9)11)13(17)15-10-5-7-18-8-10/h1-3,10H,4-8,14H2,(H,15,17). The first-order valence-electron chi connectivity index (χ1n) is 6.29. The lowest BCUT2D eigenvalue weighted by Crippen LogP contribution is -2.44. The number of para-hydroxylation sites is 1. The average molecular weight is 247 g/mol. The van der Waals surface area contributed by atoms with E-state index < -0.39 is 0 Å². The summed E-state index contributed by atoms with van der Waals surface area (Å²) in [4.78, 5) is 14.0. The Morgan fingerprint density at radius 2 is 2.39 bits per heavy atom. The number of nitrogens with zero attached hydrogens (tertiary/aromatic N) is 1. The number of hydrogen-bond donors (Lipinski definition) is 2. The minimum atomic E-state index is -0.0675. The monoisotopic (exact) mass is 247 g/mol. The molecule has 0 bridgehead atoms. The zero-order valence-corrected chi connectivity index (χ0v) is 10.2. The summed E-state index contributed by atoms with van der Waals surface area (Å²) in [6.07, 6.45) is 1.76. The summed E-state index contributed by atoms with van der Waals surface area (Å²) in [5.41, 5.74) is 8.65. The number of benzene rings is 1. The molecule has 5 heteroatoms. The number of amides is 2. The molecule has 2 aliphatic heterocycles. The van der Waals surface area contributed by atoms with E-state index in [1.54, 1.807) is 4.90 Å². The molecule has 2 heterocycles. The molecule has 2 amide bonds. The van der Waals surface area contributed by atoms with Crippen LogP contribution in [0.1, 0.15) is 12.0 Å². The van der Waals surface area contributed by atoms with Gasteiger partial charge in [-0.3, -0.25) is 4.90 Å². The second kappa shape index (κ2) is 4.49. The van der Waals surface area contributed by atoms with E-state index in [0.29, 0.717) is 18.8 Å². The highest BCUT2D eigenvalue weighted by Crippen LogP contribution is 2.33. The molecule has 1 atom stereocenters.